The number of hydrogen-bond donors (Lipinski definition) is 1. The quantitative estimate of drug-likeness (QED) is 0.835. The van der Waals surface area contributed by atoms with Crippen molar-refractivity contribution in [1.82, 2.24) is 0 Å². The Labute approximate surface area is 87.9 Å². The molecule has 1 aromatic rings. The first-order valence-corrected chi connectivity index (χ1v) is 7.23. The van der Waals surface area contributed by atoms with Crippen LogP contribution in [0.2, 0.25) is 0 Å². The Morgan fingerprint density at radius 3 is 2.64 bits per heavy atom. The van der Waals surface area contributed by atoms with Crippen LogP contribution in [0, 0.1) is 0 Å². The topological polar surface area (TPSA) is 60.2 Å². The smallest absolute Gasteiger partial charge is 0.152 e. The van der Waals surface area contributed by atoms with Gasteiger partial charge in [0.05, 0.1) is 11.5 Å². The molecule has 2 N–H and O–H groups in total. The van der Waals surface area contributed by atoms with E-state index in [4.69, 9.17) is 5.73 Å². The van der Waals surface area contributed by atoms with E-state index in [2.05, 4.69) is 0 Å². The van der Waals surface area contributed by atoms with Gasteiger partial charge in [0.25, 0.3) is 0 Å². The first-order valence-electron chi connectivity index (χ1n) is 4.52. The Bertz CT molecular complexity index is 396. The Kier molecular flexibility index (Phi) is 2.41. The Balaban J connectivity index is 2.27. The van der Waals surface area contributed by atoms with Crippen LogP contribution in [0.3, 0.4) is 0 Å². The molecule has 0 amide bonds. The molecule has 1 aliphatic rings. The molecule has 2 heterocycles. The van der Waals surface area contributed by atoms with Gasteiger partial charge in [0.2, 0.25) is 0 Å². The number of thiophene rings is 1. The van der Waals surface area contributed by atoms with Crippen LogP contribution < -0.4 is 5.73 Å². The van der Waals surface area contributed by atoms with E-state index in [1.807, 2.05) is 17.5 Å². The van der Waals surface area contributed by atoms with Gasteiger partial charge in [-0.05, 0) is 24.4 Å². The summed E-state index contributed by atoms with van der Waals surface area (Å²) in [6, 6.07) is 3.97. The van der Waals surface area contributed by atoms with Crippen molar-refractivity contribution in [2.75, 3.05) is 18.1 Å². The summed E-state index contributed by atoms with van der Waals surface area (Å²) in [5, 5.41) is 1.98. The fourth-order valence-corrected chi connectivity index (χ4v) is 5.41. The molecule has 78 valence electrons. The summed E-state index contributed by atoms with van der Waals surface area (Å²) in [6.45, 7) is 0.549. The van der Waals surface area contributed by atoms with E-state index in [-0.39, 0.29) is 16.9 Å². The summed E-state index contributed by atoms with van der Waals surface area (Å²) in [5.74, 6) is 0.551. The average Bonchev–Trinajstić information content (AvgIpc) is 2.52. The Morgan fingerprint density at radius 2 is 2.21 bits per heavy atom. The molecule has 1 fully saturated rings. The van der Waals surface area contributed by atoms with E-state index in [1.165, 1.54) is 0 Å². The largest absolute Gasteiger partial charge is 0.330 e. The third-order valence-corrected chi connectivity index (χ3v) is 5.76. The lowest BCUT2D eigenvalue weighted by atomic mass is 9.86. The van der Waals surface area contributed by atoms with Gasteiger partial charge in [-0.2, -0.15) is 0 Å². The maximum Gasteiger partial charge on any atom is 0.152 e. The Morgan fingerprint density at radius 1 is 1.50 bits per heavy atom. The highest BCUT2D eigenvalue weighted by Gasteiger charge is 2.49. The van der Waals surface area contributed by atoms with E-state index >= 15 is 0 Å². The van der Waals surface area contributed by atoms with Crippen molar-refractivity contribution in [2.45, 2.75) is 11.8 Å². The minimum Gasteiger partial charge on any atom is -0.330 e. The summed E-state index contributed by atoms with van der Waals surface area (Å²) in [6.07, 6.45) is 0.771. The molecule has 0 atom stereocenters. The molecule has 1 aromatic heterocycles. The summed E-state index contributed by atoms with van der Waals surface area (Å²) in [7, 11) is -2.79. The van der Waals surface area contributed by atoms with Gasteiger partial charge in [-0.3, -0.25) is 0 Å². The van der Waals surface area contributed by atoms with Gasteiger partial charge >= 0.3 is 0 Å². The van der Waals surface area contributed by atoms with Gasteiger partial charge in [-0.25, -0.2) is 8.42 Å². The number of hydrogen-bond acceptors (Lipinski definition) is 4. The Hall–Kier alpha value is -0.390. The molecule has 0 unspecified atom stereocenters. The highest BCUT2D eigenvalue weighted by molar-refractivity contribution is 7.93. The lowest BCUT2D eigenvalue weighted by Crippen LogP contribution is -2.52. The first kappa shape index (κ1) is 10.1. The van der Waals surface area contributed by atoms with Crippen molar-refractivity contribution in [3.8, 4) is 0 Å². The van der Waals surface area contributed by atoms with Crippen LogP contribution in [-0.2, 0) is 15.3 Å². The summed E-state index contributed by atoms with van der Waals surface area (Å²) < 4.78 is 22.5. The maximum atomic E-state index is 11.2. The van der Waals surface area contributed by atoms with Crippen molar-refractivity contribution < 1.29 is 8.42 Å². The molecule has 0 saturated carbocycles. The van der Waals surface area contributed by atoms with Gasteiger partial charge < -0.3 is 5.73 Å². The van der Waals surface area contributed by atoms with E-state index < -0.39 is 9.84 Å². The first-order chi connectivity index (χ1) is 6.58. The zero-order valence-electron chi connectivity index (χ0n) is 7.77. The molecule has 0 radical (unpaired) electrons. The highest BCUT2D eigenvalue weighted by Crippen LogP contribution is 2.41. The van der Waals surface area contributed by atoms with Gasteiger partial charge in [-0.1, -0.05) is 6.07 Å². The predicted molar refractivity (Wildman–Crippen MR) is 58.3 cm³/mol. The fourth-order valence-electron chi connectivity index (χ4n) is 2.07. The monoisotopic (exact) mass is 231 g/mol. The zero-order chi connectivity index (χ0) is 10.2. The summed E-state index contributed by atoms with van der Waals surface area (Å²) in [5.41, 5.74) is 5.36. The second kappa shape index (κ2) is 3.32. The summed E-state index contributed by atoms with van der Waals surface area (Å²) in [4.78, 5) is 1.16. The lowest BCUT2D eigenvalue weighted by molar-refractivity contribution is 0.440. The SMILES string of the molecule is NCCC1(c2cccs2)CS(=O)(=O)C1. The molecular formula is C9H13NO2S2. The van der Waals surface area contributed by atoms with Crippen LogP contribution >= 0.6 is 11.3 Å². The number of nitrogens with two attached hydrogens (primary N) is 1. The van der Waals surface area contributed by atoms with Crippen LogP contribution in [0.1, 0.15) is 11.3 Å². The predicted octanol–water partition coefficient (Wildman–Crippen LogP) is 0.763. The lowest BCUT2D eigenvalue weighted by Gasteiger charge is -2.40. The van der Waals surface area contributed by atoms with Crippen molar-refractivity contribution in [1.29, 1.82) is 0 Å². The van der Waals surface area contributed by atoms with Crippen LogP contribution in [0.5, 0.6) is 0 Å². The van der Waals surface area contributed by atoms with E-state index in [9.17, 15) is 8.42 Å². The van der Waals surface area contributed by atoms with Gasteiger partial charge in [0.15, 0.2) is 9.84 Å². The third kappa shape index (κ3) is 1.60. The van der Waals surface area contributed by atoms with Crippen LogP contribution in [0.25, 0.3) is 0 Å². The number of sulfone groups is 1. The van der Waals surface area contributed by atoms with E-state index in [1.54, 1.807) is 11.3 Å². The molecule has 1 saturated heterocycles. The number of rotatable bonds is 3. The molecule has 2 rings (SSSR count). The van der Waals surface area contributed by atoms with Crippen LogP contribution in [0.4, 0.5) is 0 Å². The minimum absolute atomic E-state index is 0.165. The molecular weight excluding hydrogens is 218 g/mol. The van der Waals surface area contributed by atoms with Gasteiger partial charge in [0, 0.05) is 10.3 Å². The highest BCUT2D eigenvalue weighted by atomic mass is 32.2. The van der Waals surface area contributed by atoms with Gasteiger partial charge in [0.1, 0.15) is 0 Å². The van der Waals surface area contributed by atoms with Crippen LogP contribution in [-0.4, -0.2) is 26.5 Å². The normalized spacial score (nSPS) is 22.9. The molecule has 14 heavy (non-hydrogen) atoms. The molecule has 0 spiro atoms. The van der Waals surface area contributed by atoms with Gasteiger partial charge in [-0.15, -0.1) is 11.3 Å². The van der Waals surface area contributed by atoms with Crippen molar-refractivity contribution in [3.63, 3.8) is 0 Å². The molecule has 5 heteroatoms. The fraction of sp³-hybridized carbons (Fsp3) is 0.556. The zero-order valence-corrected chi connectivity index (χ0v) is 9.40. The average molecular weight is 231 g/mol. The third-order valence-electron chi connectivity index (χ3n) is 2.66. The molecule has 0 aliphatic carbocycles. The minimum atomic E-state index is -2.79. The van der Waals surface area contributed by atoms with Crippen molar-refractivity contribution in [3.05, 3.63) is 22.4 Å². The standard InChI is InChI=1S/C9H13NO2S2/c10-4-3-9(6-14(11,12)7-9)8-2-1-5-13-8/h1-2,5H,3-4,6-7,10H2. The second-order valence-electron chi connectivity index (χ2n) is 3.83. The van der Waals surface area contributed by atoms with E-state index in [0.717, 1.165) is 11.3 Å². The van der Waals surface area contributed by atoms with Crippen molar-refractivity contribution >= 4 is 21.2 Å². The molecule has 0 aromatic carbocycles. The molecule has 3 nitrogen and oxygen atoms in total. The molecule has 1 aliphatic heterocycles. The summed E-state index contributed by atoms with van der Waals surface area (Å²) >= 11 is 1.63. The molecule has 0 bridgehead atoms. The second-order valence-corrected chi connectivity index (χ2v) is 6.84. The van der Waals surface area contributed by atoms with E-state index in [0.29, 0.717) is 6.54 Å². The van der Waals surface area contributed by atoms with Crippen molar-refractivity contribution in [2.24, 2.45) is 5.73 Å². The van der Waals surface area contributed by atoms with Crippen LogP contribution in [0.15, 0.2) is 17.5 Å². The maximum absolute atomic E-state index is 11.2.